The average Bonchev–Trinajstić information content (AvgIpc) is 2.76. The molecule has 2 N–H and O–H groups in total. The maximum Gasteiger partial charge on any atom is 0.262 e. The van der Waals surface area contributed by atoms with Crippen molar-refractivity contribution < 1.29 is 4.79 Å². The summed E-state index contributed by atoms with van der Waals surface area (Å²) >= 11 is 7.33. The zero-order valence-corrected chi connectivity index (χ0v) is 19.2. The van der Waals surface area contributed by atoms with Crippen molar-refractivity contribution >= 4 is 46.5 Å². The van der Waals surface area contributed by atoms with Crippen LogP contribution in [0, 0.1) is 11.7 Å². The topological polar surface area (TPSA) is 70.1 Å². The molecule has 1 aliphatic heterocycles. The van der Waals surface area contributed by atoms with Gasteiger partial charge in [-0.1, -0.05) is 24.3 Å². The van der Waals surface area contributed by atoms with Crippen molar-refractivity contribution in [1.82, 2.24) is 14.5 Å². The van der Waals surface area contributed by atoms with E-state index in [1.165, 1.54) is 21.6 Å². The van der Waals surface area contributed by atoms with Crippen LogP contribution >= 0.6 is 24.0 Å². The number of benzene rings is 2. The van der Waals surface area contributed by atoms with Crippen molar-refractivity contribution in [2.75, 3.05) is 29.9 Å². The number of nitrogens with zero attached hydrogens (tertiary/aromatic N) is 2. The first-order valence-corrected chi connectivity index (χ1v) is 12.0. The van der Waals surface area contributed by atoms with Crippen molar-refractivity contribution in [2.45, 2.75) is 26.4 Å². The first-order chi connectivity index (χ1) is 15.0. The second kappa shape index (κ2) is 9.80. The highest BCUT2D eigenvalue weighted by Crippen LogP contribution is 2.19. The van der Waals surface area contributed by atoms with Gasteiger partial charge in [-0.15, -0.1) is 0 Å². The average molecular weight is 455 g/mol. The van der Waals surface area contributed by atoms with Crippen LogP contribution in [-0.4, -0.2) is 45.0 Å². The number of aromatic amines is 1. The third-order valence-corrected chi connectivity index (χ3v) is 6.79. The first kappa shape index (κ1) is 21.8. The lowest BCUT2D eigenvalue weighted by molar-refractivity contribution is -0.116. The number of aryl methyl sites for hydroxylation is 1. The molecule has 6 nitrogen and oxygen atoms in total. The van der Waals surface area contributed by atoms with Crippen LogP contribution < -0.4 is 10.9 Å². The first-order valence-electron chi connectivity index (χ1n) is 10.4. The Bertz CT molecular complexity index is 1210. The summed E-state index contributed by atoms with van der Waals surface area (Å²) in [5.41, 5.74) is 3.63. The number of carbonyl (C=O) groups is 1. The minimum absolute atomic E-state index is 0.140. The molecule has 0 spiro atoms. The number of fused-ring (bicyclic) bond motifs is 1. The lowest BCUT2D eigenvalue weighted by atomic mass is 10.1. The second-order valence-electron chi connectivity index (χ2n) is 7.77. The van der Waals surface area contributed by atoms with E-state index in [4.69, 9.17) is 12.2 Å². The molecule has 1 amide bonds. The number of nitrogens with one attached hydrogen (secondary N) is 2. The molecule has 0 saturated carbocycles. The molecule has 1 aromatic heterocycles. The van der Waals surface area contributed by atoms with Crippen molar-refractivity contribution in [2.24, 2.45) is 0 Å². The van der Waals surface area contributed by atoms with Crippen LogP contribution in [0.5, 0.6) is 0 Å². The highest BCUT2D eigenvalue weighted by molar-refractivity contribution is 7.99. The molecule has 1 saturated heterocycles. The largest absolute Gasteiger partial charge is 0.332 e. The summed E-state index contributed by atoms with van der Waals surface area (Å²) in [5.74, 6) is 2.24. The molecule has 0 unspecified atom stereocenters. The van der Waals surface area contributed by atoms with Crippen LogP contribution in [-0.2, 0) is 17.9 Å². The van der Waals surface area contributed by atoms with Crippen LogP contribution in [0.25, 0.3) is 10.9 Å². The number of rotatable bonds is 6. The second-order valence-corrected chi connectivity index (χ2v) is 9.38. The maximum atomic E-state index is 12.7. The summed E-state index contributed by atoms with van der Waals surface area (Å²) in [4.78, 5) is 30.8. The SMILES string of the molecule is Cc1cc(CN2CCSCC2)ccc1NC(=O)CCn1c(=S)[nH]c2ccccc2c1=O. The van der Waals surface area contributed by atoms with Gasteiger partial charge in [0.2, 0.25) is 5.91 Å². The fraction of sp³-hybridized carbons (Fsp3) is 0.348. The van der Waals surface area contributed by atoms with E-state index in [0.29, 0.717) is 15.7 Å². The van der Waals surface area contributed by atoms with Crippen molar-refractivity contribution in [3.8, 4) is 0 Å². The fourth-order valence-electron chi connectivity index (χ4n) is 3.81. The fourth-order valence-corrected chi connectivity index (χ4v) is 5.07. The van der Waals surface area contributed by atoms with Gasteiger partial charge >= 0.3 is 0 Å². The molecule has 0 bridgehead atoms. The number of amides is 1. The minimum Gasteiger partial charge on any atom is -0.332 e. The van der Waals surface area contributed by atoms with E-state index in [9.17, 15) is 9.59 Å². The van der Waals surface area contributed by atoms with Crippen molar-refractivity contribution in [3.05, 3.63) is 68.7 Å². The zero-order chi connectivity index (χ0) is 21.8. The molecule has 0 atom stereocenters. The van der Waals surface area contributed by atoms with Gasteiger partial charge in [0, 0.05) is 49.8 Å². The highest BCUT2D eigenvalue weighted by atomic mass is 32.2. The number of thioether (sulfide) groups is 1. The molecule has 3 aromatic rings. The number of hydrogen-bond donors (Lipinski definition) is 2. The third-order valence-electron chi connectivity index (χ3n) is 5.53. The van der Waals surface area contributed by atoms with Crippen LogP contribution in [0.3, 0.4) is 0 Å². The van der Waals surface area contributed by atoms with Gasteiger partial charge < -0.3 is 10.3 Å². The van der Waals surface area contributed by atoms with Crippen LogP contribution in [0.4, 0.5) is 5.69 Å². The van der Waals surface area contributed by atoms with Crippen LogP contribution in [0.1, 0.15) is 17.5 Å². The number of para-hydroxylation sites is 1. The highest BCUT2D eigenvalue weighted by Gasteiger charge is 2.12. The minimum atomic E-state index is -0.177. The molecule has 2 heterocycles. The van der Waals surface area contributed by atoms with E-state index < -0.39 is 0 Å². The quantitative estimate of drug-likeness (QED) is 0.552. The summed E-state index contributed by atoms with van der Waals surface area (Å²) in [5, 5.41) is 3.54. The molecule has 8 heteroatoms. The normalized spacial score (nSPS) is 14.6. The van der Waals surface area contributed by atoms with Crippen molar-refractivity contribution in [3.63, 3.8) is 0 Å². The van der Waals surface area contributed by atoms with Gasteiger partial charge in [-0.3, -0.25) is 19.1 Å². The van der Waals surface area contributed by atoms with E-state index in [2.05, 4.69) is 27.3 Å². The maximum absolute atomic E-state index is 12.7. The molecular weight excluding hydrogens is 428 g/mol. The van der Waals surface area contributed by atoms with Crippen LogP contribution in [0.2, 0.25) is 0 Å². The third kappa shape index (κ3) is 5.26. The molecule has 1 fully saturated rings. The number of aromatic nitrogens is 2. The molecule has 162 valence electrons. The van der Waals surface area contributed by atoms with Crippen LogP contribution in [0.15, 0.2) is 47.3 Å². The molecular formula is C23H26N4O2S2. The molecule has 1 aliphatic rings. The van der Waals surface area contributed by atoms with Gasteiger partial charge in [-0.05, 0) is 48.5 Å². The number of H-pyrrole nitrogens is 1. The Labute approximate surface area is 190 Å². The lowest BCUT2D eigenvalue weighted by Gasteiger charge is -2.26. The zero-order valence-electron chi connectivity index (χ0n) is 17.5. The molecule has 31 heavy (non-hydrogen) atoms. The smallest absolute Gasteiger partial charge is 0.262 e. The van der Waals surface area contributed by atoms with E-state index in [0.717, 1.165) is 30.9 Å². The van der Waals surface area contributed by atoms with Gasteiger partial charge in [0.15, 0.2) is 4.77 Å². The standard InChI is InChI=1S/C23H26N4O2S2/c1-16-14-17(15-26-10-12-31-13-11-26)6-7-19(16)24-21(28)8-9-27-22(29)18-4-2-3-5-20(18)25-23(27)30/h2-7,14H,8-13,15H2,1H3,(H,24,28)(H,25,30). The molecule has 2 aromatic carbocycles. The van der Waals surface area contributed by atoms with E-state index in [-0.39, 0.29) is 24.4 Å². The Morgan fingerprint density at radius 3 is 2.74 bits per heavy atom. The summed E-state index contributed by atoms with van der Waals surface area (Å²) in [6.07, 6.45) is 0.169. The van der Waals surface area contributed by atoms with E-state index >= 15 is 0 Å². The van der Waals surface area contributed by atoms with Crippen molar-refractivity contribution in [1.29, 1.82) is 0 Å². The number of anilines is 1. The van der Waals surface area contributed by atoms with Gasteiger partial charge in [0.1, 0.15) is 0 Å². The van der Waals surface area contributed by atoms with Gasteiger partial charge in [0.25, 0.3) is 5.56 Å². The molecule has 0 radical (unpaired) electrons. The lowest BCUT2D eigenvalue weighted by Crippen LogP contribution is -2.31. The Balaban J connectivity index is 1.39. The Kier molecular flexibility index (Phi) is 6.89. The van der Waals surface area contributed by atoms with E-state index in [1.54, 1.807) is 6.07 Å². The molecule has 4 rings (SSSR count). The van der Waals surface area contributed by atoms with Gasteiger partial charge in [-0.25, -0.2) is 0 Å². The Morgan fingerprint density at radius 1 is 1.19 bits per heavy atom. The van der Waals surface area contributed by atoms with Gasteiger partial charge in [0.05, 0.1) is 10.9 Å². The van der Waals surface area contributed by atoms with Gasteiger partial charge in [-0.2, -0.15) is 11.8 Å². The summed E-state index contributed by atoms with van der Waals surface area (Å²) in [7, 11) is 0. The number of hydrogen-bond acceptors (Lipinski definition) is 5. The van der Waals surface area contributed by atoms with E-state index in [1.807, 2.05) is 43.0 Å². The predicted octanol–water partition coefficient (Wildman–Crippen LogP) is 3.95. The predicted molar refractivity (Wildman–Crippen MR) is 130 cm³/mol. The number of carbonyl (C=O) groups excluding carboxylic acids is 1. The summed E-state index contributed by atoms with van der Waals surface area (Å²) < 4.78 is 1.78. The monoisotopic (exact) mass is 454 g/mol. The summed E-state index contributed by atoms with van der Waals surface area (Å²) in [6.45, 7) is 5.43. The Morgan fingerprint density at radius 2 is 1.97 bits per heavy atom. The molecule has 0 aliphatic carbocycles. The summed E-state index contributed by atoms with van der Waals surface area (Å²) in [6, 6.07) is 13.4. The Hall–Kier alpha value is -2.42.